The second kappa shape index (κ2) is 6.62. The average Bonchev–Trinajstić information content (AvgIpc) is 2.52. The van der Waals surface area contributed by atoms with Gasteiger partial charge in [0.15, 0.2) is 9.84 Å². The molecule has 0 radical (unpaired) electrons. The fourth-order valence-electron chi connectivity index (χ4n) is 2.00. The molecule has 120 valence electrons. The molecule has 0 saturated heterocycles. The summed E-state index contributed by atoms with van der Waals surface area (Å²) in [6.45, 7) is 0.164. The minimum absolute atomic E-state index is 0.0718. The van der Waals surface area contributed by atoms with Crippen LogP contribution in [-0.4, -0.2) is 31.7 Å². The molecule has 2 aromatic carbocycles. The highest BCUT2D eigenvalue weighted by Gasteiger charge is 2.15. The van der Waals surface area contributed by atoms with E-state index in [1.54, 1.807) is 24.3 Å². The van der Waals surface area contributed by atoms with Crippen molar-refractivity contribution in [3.8, 4) is 0 Å². The van der Waals surface area contributed by atoms with E-state index < -0.39 is 21.7 Å². The first-order valence-corrected chi connectivity index (χ1v) is 8.57. The molecule has 0 bridgehead atoms. The van der Waals surface area contributed by atoms with Crippen molar-refractivity contribution in [1.82, 2.24) is 5.32 Å². The third-order valence-corrected chi connectivity index (χ3v) is 4.34. The lowest BCUT2D eigenvalue weighted by Gasteiger charge is -2.08. The molecule has 1 amide bonds. The second-order valence-electron chi connectivity index (χ2n) is 4.95. The zero-order valence-corrected chi connectivity index (χ0v) is 13.1. The molecule has 0 spiro atoms. The number of nitrogens with one attached hydrogen (secondary N) is 1. The highest BCUT2D eigenvalue weighted by atomic mass is 32.2. The van der Waals surface area contributed by atoms with Gasteiger partial charge in [0.25, 0.3) is 5.91 Å². The summed E-state index contributed by atoms with van der Waals surface area (Å²) in [4.78, 5) is 23.4. The van der Waals surface area contributed by atoms with Crippen LogP contribution in [0.5, 0.6) is 0 Å². The highest BCUT2D eigenvalue weighted by Crippen LogP contribution is 2.12. The van der Waals surface area contributed by atoms with Crippen molar-refractivity contribution in [2.75, 3.05) is 6.26 Å². The molecule has 0 aliphatic carbocycles. The Bertz CT molecular complexity index is 841. The van der Waals surface area contributed by atoms with Crippen LogP contribution < -0.4 is 5.32 Å². The summed E-state index contributed by atoms with van der Waals surface area (Å²) >= 11 is 0. The lowest BCUT2D eigenvalue weighted by atomic mass is 10.1. The van der Waals surface area contributed by atoms with Gasteiger partial charge in [-0.05, 0) is 29.8 Å². The Morgan fingerprint density at radius 1 is 1.00 bits per heavy atom. The minimum atomic E-state index is -3.26. The molecule has 6 nitrogen and oxygen atoms in total. The van der Waals surface area contributed by atoms with Gasteiger partial charge in [-0.15, -0.1) is 0 Å². The van der Waals surface area contributed by atoms with Crippen LogP contribution in [0, 0.1) is 0 Å². The Morgan fingerprint density at radius 2 is 1.57 bits per heavy atom. The summed E-state index contributed by atoms with van der Waals surface area (Å²) in [7, 11) is -3.26. The molecule has 23 heavy (non-hydrogen) atoms. The second-order valence-corrected chi connectivity index (χ2v) is 6.97. The van der Waals surface area contributed by atoms with E-state index in [0.717, 1.165) is 6.26 Å². The number of rotatable bonds is 5. The summed E-state index contributed by atoms with van der Waals surface area (Å²) in [5.41, 5.74) is 0.712. The molecule has 0 aliphatic rings. The van der Waals surface area contributed by atoms with Gasteiger partial charge < -0.3 is 10.4 Å². The van der Waals surface area contributed by atoms with E-state index in [-0.39, 0.29) is 22.6 Å². The van der Waals surface area contributed by atoms with Crippen LogP contribution in [0.4, 0.5) is 0 Å². The number of carboxylic acid groups (broad SMARTS) is 1. The normalized spacial score (nSPS) is 11.0. The molecule has 0 heterocycles. The number of sulfone groups is 1. The Kier molecular flexibility index (Phi) is 4.80. The van der Waals surface area contributed by atoms with Gasteiger partial charge in [0.1, 0.15) is 0 Å². The van der Waals surface area contributed by atoms with Crippen molar-refractivity contribution in [3.63, 3.8) is 0 Å². The van der Waals surface area contributed by atoms with E-state index in [0.29, 0.717) is 5.56 Å². The first-order valence-electron chi connectivity index (χ1n) is 6.68. The summed E-state index contributed by atoms with van der Waals surface area (Å²) < 4.78 is 22.7. The van der Waals surface area contributed by atoms with Gasteiger partial charge in [-0.3, -0.25) is 4.79 Å². The number of carboxylic acids is 1. The van der Waals surface area contributed by atoms with Crippen LogP contribution in [0.3, 0.4) is 0 Å². The largest absolute Gasteiger partial charge is 0.478 e. The molecule has 0 aromatic heterocycles. The molecule has 0 fully saturated rings. The van der Waals surface area contributed by atoms with Gasteiger partial charge >= 0.3 is 5.97 Å². The predicted molar refractivity (Wildman–Crippen MR) is 84.1 cm³/mol. The van der Waals surface area contributed by atoms with E-state index in [1.165, 1.54) is 24.3 Å². The van der Waals surface area contributed by atoms with E-state index in [1.807, 2.05) is 0 Å². The number of carbonyl (C=O) groups is 2. The van der Waals surface area contributed by atoms with E-state index in [9.17, 15) is 18.0 Å². The van der Waals surface area contributed by atoms with Crippen LogP contribution >= 0.6 is 0 Å². The summed E-state index contributed by atoms with van der Waals surface area (Å²) in [5.74, 6) is -1.68. The fraction of sp³-hybridized carbons (Fsp3) is 0.125. The number of aromatic carboxylic acids is 1. The lowest BCUT2D eigenvalue weighted by molar-refractivity contribution is 0.0691. The topological polar surface area (TPSA) is 101 Å². The summed E-state index contributed by atoms with van der Waals surface area (Å²) in [6, 6.07) is 12.0. The zero-order chi connectivity index (χ0) is 17.0. The van der Waals surface area contributed by atoms with Crippen LogP contribution in [0.15, 0.2) is 53.4 Å². The van der Waals surface area contributed by atoms with Gasteiger partial charge in [0.05, 0.1) is 16.0 Å². The van der Waals surface area contributed by atoms with Crippen LogP contribution in [0.1, 0.15) is 26.3 Å². The van der Waals surface area contributed by atoms with Crippen molar-refractivity contribution in [2.24, 2.45) is 0 Å². The monoisotopic (exact) mass is 333 g/mol. The van der Waals surface area contributed by atoms with Gasteiger partial charge in [0.2, 0.25) is 0 Å². The van der Waals surface area contributed by atoms with Crippen molar-refractivity contribution in [2.45, 2.75) is 11.4 Å². The lowest BCUT2D eigenvalue weighted by Crippen LogP contribution is -2.24. The molecule has 7 heteroatoms. The third-order valence-electron chi connectivity index (χ3n) is 3.21. The van der Waals surface area contributed by atoms with Crippen molar-refractivity contribution >= 4 is 21.7 Å². The van der Waals surface area contributed by atoms with E-state index in [4.69, 9.17) is 5.11 Å². The Hall–Kier alpha value is -2.67. The van der Waals surface area contributed by atoms with Crippen LogP contribution in [0.25, 0.3) is 0 Å². The quantitative estimate of drug-likeness (QED) is 0.867. The molecular weight excluding hydrogens is 318 g/mol. The van der Waals surface area contributed by atoms with Gasteiger partial charge in [-0.25, -0.2) is 13.2 Å². The van der Waals surface area contributed by atoms with E-state index in [2.05, 4.69) is 5.32 Å². The highest BCUT2D eigenvalue weighted by molar-refractivity contribution is 7.90. The SMILES string of the molecule is CS(=O)(=O)c1ccc(CNC(=O)c2ccccc2C(=O)O)cc1. The van der Waals surface area contributed by atoms with Gasteiger partial charge in [-0.2, -0.15) is 0 Å². The minimum Gasteiger partial charge on any atom is -0.478 e. The van der Waals surface area contributed by atoms with Crippen LogP contribution in [-0.2, 0) is 16.4 Å². The maximum absolute atomic E-state index is 12.1. The smallest absolute Gasteiger partial charge is 0.336 e. The molecule has 2 rings (SSSR count). The van der Waals surface area contributed by atoms with Crippen LogP contribution in [0.2, 0.25) is 0 Å². The number of hydrogen-bond acceptors (Lipinski definition) is 4. The zero-order valence-electron chi connectivity index (χ0n) is 12.3. The summed E-state index contributed by atoms with van der Waals surface area (Å²) in [6.07, 6.45) is 1.12. The Balaban J connectivity index is 2.09. The molecule has 0 saturated carbocycles. The first-order chi connectivity index (χ1) is 10.8. The van der Waals surface area contributed by atoms with E-state index >= 15 is 0 Å². The first kappa shape index (κ1) is 16.7. The molecule has 2 N–H and O–H groups in total. The number of hydrogen-bond donors (Lipinski definition) is 2. The fourth-order valence-corrected chi connectivity index (χ4v) is 2.63. The van der Waals surface area contributed by atoms with Crippen molar-refractivity contribution < 1.29 is 23.1 Å². The average molecular weight is 333 g/mol. The standard InChI is InChI=1S/C16H15NO5S/c1-23(21,22)12-8-6-11(7-9-12)10-17-15(18)13-4-2-3-5-14(13)16(19)20/h2-9H,10H2,1H3,(H,17,18)(H,19,20). The number of amides is 1. The van der Waals surface area contributed by atoms with Crippen molar-refractivity contribution in [3.05, 3.63) is 65.2 Å². The molecule has 2 aromatic rings. The predicted octanol–water partition coefficient (Wildman–Crippen LogP) is 1.72. The third kappa shape index (κ3) is 4.17. The van der Waals surface area contributed by atoms with Gasteiger partial charge in [-0.1, -0.05) is 24.3 Å². The number of carbonyl (C=O) groups excluding carboxylic acids is 1. The maximum Gasteiger partial charge on any atom is 0.336 e. The molecular formula is C16H15NO5S. The Morgan fingerprint density at radius 3 is 2.09 bits per heavy atom. The number of benzene rings is 2. The summed E-state index contributed by atoms with van der Waals surface area (Å²) in [5, 5.41) is 11.7. The Labute approximate surface area is 133 Å². The molecule has 0 unspecified atom stereocenters. The van der Waals surface area contributed by atoms with Crippen molar-refractivity contribution in [1.29, 1.82) is 0 Å². The molecule has 0 aliphatic heterocycles. The molecule has 0 atom stereocenters. The maximum atomic E-state index is 12.1. The van der Waals surface area contributed by atoms with Gasteiger partial charge in [0, 0.05) is 12.8 Å².